The van der Waals surface area contributed by atoms with Crippen LogP contribution in [-0.4, -0.2) is 43.0 Å². The maximum Gasteiger partial charge on any atom is 0.317 e. The Morgan fingerprint density at radius 1 is 1.00 bits per heavy atom. The van der Waals surface area contributed by atoms with Gasteiger partial charge in [0, 0.05) is 51.0 Å². The average Bonchev–Trinajstić information content (AvgIpc) is 2.67. The first kappa shape index (κ1) is 18.8. The number of nitrogens with one attached hydrogen (secondary N) is 2. The van der Waals surface area contributed by atoms with Crippen molar-refractivity contribution in [3.63, 3.8) is 0 Å². The van der Waals surface area contributed by atoms with Crippen molar-refractivity contribution in [2.45, 2.75) is 20.4 Å². The standard InChI is InChI=1S/C21H26N4O2/c1-16-6-3-4-7-18(16)15-22-21(27)25-12-10-24(11-13-25)20-9-5-8-19(14-20)23-17(2)26/h3-9,14H,10-13,15H2,1-2H3,(H,22,27)(H,23,26). The molecular formula is C21H26N4O2. The van der Waals surface area contributed by atoms with E-state index in [2.05, 4.69) is 28.5 Å². The van der Waals surface area contributed by atoms with Crippen molar-refractivity contribution in [2.24, 2.45) is 0 Å². The van der Waals surface area contributed by atoms with Crippen LogP contribution in [0.1, 0.15) is 18.1 Å². The topological polar surface area (TPSA) is 64.7 Å². The van der Waals surface area contributed by atoms with E-state index in [-0.39, 0.29) is 11.9 Å². The van der Waals surface area contributed by atoms with Gasteiger partial charge in [0.25, 0.3) is 0 Å². The second-order valence-corrected chi connectivity index (χ2v) is 6.79. The summed E-state index contributed by atoms with van der Waals surface area (Å²) in [6.07, 6.45) is 0. The largest absolute Gasteiger partial charge is 0.368 e. The molecule has 6 nitrogen and oxygen atoms in total. The van der Waals surface area contributed by atoms with Gasteiger partial charge in [-0.05, 0) is 36.2 Å². The number of hydrogen-bond acceptors (Lipinski definition) is 3. The van der Waals surface area contributed by atoms with Crippen LogP contribution in [0.15, 0.2) is 48.5 Å². The highest BCUT2D eigenvalue weighted by atomic mass is 16.2. The van der Waals surface area contributed by atoms with Crippen molar-refractivity contribution in [1.82, 2.24) is 10.2 Å². The number of rotatable bonds is 4. The number of piperazine rings is 1. The van der Waals surface area contributed by atoms with Gasteiger partial charge < -0.3 is 20.4 Å². The van der Waals surface area contributed by atoms with Crippen LogP contribution in [0, 0.1) is 6.92 Å². The van der Waals surface area contributed by atoms with E-state index in [0.29, 0.717) is 19.6 Å². The molecule has 1 heterocycles. The lowest BCUT2D eigenvalue weighted by Gasteiger charge is -2.36. The predicted octanol–water partition coefficient (Wildman–Crippen LogP) is 2.99. The van der Waals surface area contributed by atoms with Gasteiger partial charge in [-0.15, -0.1) is 0 Å². The summed E-state index contributed by atoms with van der Waals surface area (Å²) in [5.74, 6) is -0.0812. The Morgan fingerprint density at radius 2 is 1.74 bits per heavy atom. The van der Waals surface area contributed by atoms with Crippen molar-refractivity contribution in [2.75, 3.05) is 36.4 Å². The van der Waals surface area contributed by atoms with Gasteiger partial charge in [0.1, 0.15) is 0 Å². The number of anilines is 2. The van der Waals surface area contributed by atoms with Crippen LogP contribution in [0.4, 0.5) is 16.2 Å². The lowest BCUT2D eigenvalue weighted by Crippen LogP contribution is -2.51. The molecule has 0 atom stereocenters. The van der Waals surface area contributed by atoms with Crippen LogP contribution < -0.4 is 15.5 Å². The molecule has 0 spiro atoms. The lowest BCUT2D eigenvalue weighted by molar-refractivity contribution is -0.114. The van der Waals surface area contributed by atoms with E-state index in [1.165, 1.54) is 12.5 Å². The van der Waals surface area contributed by atoms with E-state index < -0.39 is 0 Å². The van der Waals surface area contributed by atoms with Gasteiger partial charge in [-0.2, -0.15) is 0 Å². The average molecular weight is 366 g/mol. The Kier molecular flexibility index (Phi) is 5.96. The van der Waals surface area contributed by atoms with E-state index in [9.17, 15) is 9.59 Å². The molecule has 0 radical (unpaired) electrons. The highest BCUT2D eigenvalue weighted by molar-refractivity contribution is 5.89. The summed E-state index contributed by atoms with van der Waals surface area (Å²) < 4.78 is 0. The van der Waals surface area contributed by atoms with Crippen LogP contribution >= 0.6 is 0 Å². The maximum absolute atomic E-state index is 12.5. The molecule has 1 aliphatic rings. The number of carbonyl (C=O) groups excluding carboxylic acids is 2. The molecule has 0 saturated carbocycles. The summed E-state index contributed by atoms with van der Waals surface area (Å²) in [6, 6.07) is 15.9. The zero-order valence-electron chi connectivity index (χ0n) is 15.9. The van der Waals surface area contributed by atoms with E-state index in [0.717, 1.165) is 30.0 Å². The molecule has 2 aromatic rings. The molecule has 1 aliphatic heterocycles. The number of nitrogens with zero attached hydrogens (tertiary/aromatic N) is 2. The number of benzene rings is 2. The van der Waals surface area contributed by atoms with Crippen molar-refractivity contribution >= 4 is 23.3 Å². The summed E-state index contributed by atoms with van der Waals surface area (Å²) >= 11 is 0. The molecule has 1 fully saturated rings. The second kappa shape index (κ2) is 8.58. The third-order valence-corrected chi connectivity index (χ3v) is 4.79. The first-order valence-electron chi connectivity index (χ1n) is 9.23. The first-order valence-corrected chi connectivity index (χ1v) is 9.23. The fourth-order valence-corrected chi connectivity index (χ4v) is 3.24. The van der Waals surface area contributed by atoms with Gasteiger partial charge in [-0.3, -0.25) is 4.79 Å². The van der Waals surface area contributed by atoms with E-state index >= 15 is 0 Å². The molecule has 0 aliphatic carbocycles. The Labute approximate surface area is 160 Å². The first-order chi connectivity index (χ1) is 13.0. The number of urea groups is 1. The van der Waals surface area contributed by atoms with Gasteiger partial charge in [-0.1, -0.05) is 30.3 Å². The Morgan fingerprint density at radius 3 is 2.44 bits per heavy atom. The lowest BCUT2D eigenvalue weighted by atomic mass is 10.1. The molecule has 0 aromatic heterocycles. The van der Waals surface area contributed by atoms with Crippen LogP contribution in [0.5, 0.6) is 0 Å². The van der Waals surface area contributed by atoms with Gasteiger partial charge in [0.15, 0.2) is 0 Å². The van der Waals surface area contributed by atoms with E-state index in [4.69, 9.17) is 0 Å². The summed E-state index contributed by atoms with van der Waals surface area (Å²) in [6.45, 7) is 6.97. The number of aryl methyl sites for hydroxylation is 1. The SMILES string of the molecule is CC(=O)Nc1cccc(N2CCN(C(=O)NCc3ccccc3C)CC2)c1. The Hall–Kier alpha value is -3.02. The van der Waals surface area contributed by atoms with Gasteiger partial charge >= 0.3 is 6.03 Å². The quantitative estimate of drug-likeness (QED) is 0.874. The van der Waals surface area contributed by atoms with Gasteiger partial charge in [0.05, 0.1) is 0 Å². The van der Waals surface area contributed by atoms with Gasteiger partial charge in [-0.25, -0.2) is 4.79 Å². The van der Waals surface area contributed by atoms with E-state index in [1.807, 2.05) is 47.4 Å². The number of amides is 3. The van der Waals surface area contributed by atoms with Crippen LogP contribution in [-0.2, 0) is 11.3 Å². The zero-order chi connectivity index (χ0) is 19.2. The summed E-state index contributed by atoms with van der Waals surface area (Å²) in [4.78, 5) is 27.8. The maximum atomic E-state index is 12.5. The Bertz CT molecular complexity index is 813. The Balaban J connectivity index is 1.52. The van der Waals surface area contributed by atoms with Crippen LogP contribution in [0.3, 0.4) is 0 Å². The minimum atomic E-state index is -0.0812. The van der Waals surface area contributed by atoms with Crippen molar-refractivity contribution in [3.05, 3.63) is 59.7 Å². The summed E-state index contributed by atoms with van der Waals surface area (Å²) in [7, 11) is 0. The monoisotopic (exact) mass is 366 g/mol. The molecular weight excluding hydrogens is 340 g/mol. The number of hydrogen-bond donors (Lipinski definition) is 2. The van der Waals surface area contributed by atoms with Crippen LogP contribution in [0.25, 0.3) is 0 Å². The minimum Gasteiger partial charge on any atom is -0.368 e. The third kappa shape index (κ3) is 5.00. The van der Waals surface area contributed by atoms with E-state index in [1.54, 1.807) is 0 Å². The van der Waals surface area contributed by atoms with Crippen molar-refractivity contribution < 1.29 is 9.59 Å². The molecule has 3 amide bonds. The highest BCUT2D eigenvalue weighted by Gasteiger charge is 2.21. The molecule has 6 heteroatoms. The molecule has 1 saturated heterocycles. The molecule has 27 heavy (non-hydrogen) atoms. The smallest absolute Gasteiger partial charge is 0.317 e. The number of carbonyl (C=O) groups is 2. The normalized spacial score (nSPS) is 14.0. The summed E-state index contributed by atoms with van der Waals surface area (Å²) in [5.41, 5.74) is 4.17. The molecule has 2 N–H and O–H groups in total. The molecule has 142 valence electrons. The molecule has 0 unspecified atom stereocenters. The molecule has 0 bridgehead atoms. The summed E-state index contributed by atoms with van der Waals surface area (Å²) in [5, 5.41) is 5.82. The molecule has 3 rings (SSSR count). The fourth-order valence-electron chi connectivity index (χ4n) is 3.24. The second-order valence-electron chi connectivity index (χ2n) is 6.79. The van der Waals surface area contributed by atoms with Crippen LogP contribution in [0.2, 0.25) is 0 Å². The van der Waals surface area contributed by atoms with Crippen molar-refractivity contribution in [1.29, 1.82) is 0 Å². The van der Waals surface area contributed by atoms with Gasteiger partial charge in [0.2, 0.25) is 5.91 Å². The minimum absolute atomic E-state index is 0.0232. The third-order valence-electron chi connectivity index (χ3n) is 4.79. The van der Waals surface area contributed by atoms with Crippen molar-refractivity contribution in [3.8, 4) is 0 Å². The highest BCUT2D eigenvalue weighted by Crippen LogP contribution is 2.21. The predicted molar refractivity (Wildman–Crippen MR) is 108 cm³/mol. The zero-order valence-corrected chi connectivity index (χ0v) is 15.9. The fraction of sp³-hybridized carbons (Fsp3) is 0.333. The molecule has 2 aromatic carbocycles.